The Bertz CT molecular complexity index is 881. The Balaban J connectivity index is 1.63. The number of fused-ring (bicyclic) bond motifs is 1. The molecule has 1 heterocycles. The highest BCUT2D eigenvalue weighted by atomic mass is 32.2. The molecule has 0 aromatic heterocycles. The molecule has 3 fully saturated rings. The molecule has 1 saturated heterocycles. The van der Waals surface area contributed by atoms with Crippen LogP contribution in [-0.2, 0) is 34.7 Å². The molecule has 0 amide bonds. The van der Waals surface area contributed by atoms with Gasteiger partial charge in [-0.25, -0.2) is 13.1 Å². The summed E-state index contributed by atoms with van der Waals surface area (Å²) in [5.41, 5.74) is -0.0740. The molecule has 1 aromatic rings. The van der Waals surface area contributed by atoms with Crippen LogP contribution < -0.4 is 4.72 Å². The summed E-state index contributed by atoms with van der Waals surface area (Å²) in [5, 5.41) is -0.821. The summed E-state index contributed by atoms with van der Waals surface area (Å²) in [6, 6.07) is 8.86. The average Bonchev–Trinajstić information content (AvgIpc) is 3.17. The van der Waals surface area contributed by atoms with Crippen LogP contribution in [0.2, 0.25) is 0 Å². The second-order valence-electron chi connectivity index (χ2n) is 8.11. The quantitative estimate of drug-likeness (QED) is 0.775. The number of carbonyl (C=O) groups excluding carboxylic acids is 2. The van der Waals surface area contributed by atoms with Crippen molar-refractivity contribution in [1.82, 2.24) is 4.72 Å². The van der Waals surface area contributed by atoms with E-state index in [1.807, 2.05) is 30.3 Å². The number of hydrogen-bond donors (Lipinski definition) is 1. The minimum Gasteiger partial charge on any atom is -0.461 e. The maximum atomic E-state index is 13.1. The van der Waals surface area contributed by atoms with Gasteiger partial charge in [0.2, 0.25) is 10.0 Å². The first-order valence-electron chi connectivity index (χ1n) is 9.08. The van der Waals surface area contributed by atoms with Crippen LogP contribution in [0.5, 0.6) is 0 Å². The van der Waals surface area contributed by atoms with Crippen molar-refractivity contribution in [2.75, 3.05) is 0 Å². The zero-order valence-corrected chi connectivity index (χ0v) is 16.2. The van der Waals surface area contributed by atoms with Gasteiger partial charge in [-0.2, -0.15) is 0 Å². The first kappa shape index (κ1) is 18.4. The molecule has 3 aliphatic rings. The van der Waals surface area contributed by atoms with E-state index in [0.29, 0.717) is 6.42 Å². The molecule has 1 aromatic carbocycles. The van der Waals surface area contributed by atoms with Gasteiger partial charge in [0.1, 0.15) is 11.7 Å². The number of nitrogens with one attached hydrogen (secondary N) is 1. The van der Waals surface area contributed by atoms with Crippen molar-refractivity contribution in [1.29, 1.82) is 0 Å². The van der Waals surface area contributed by atoms with E-state index in [9.17, 15) is 18.0 Å². The predicted molar refractivity (Wildman–Crippen MR) is 95.8 cm³/mol. The summed E-state index contributed by atoms with van der Waals surface area (Å²) in [4.78, 5) is 24.6. The summed E-state index contributed by atoms with van der Waals surface area (Å²) in [6.45, 7) is 4.85. The summed E-state index contributed by atoms with van der Waals surface area (Å²) in [5.74, 6) is -2.45. The van der Waals surface area contributed by atoms with E-state index in [4.69, 9.17) is 9.47 Å². The Kier molecular flexibility index (Phi) is 4.12. The molecule has 2 bridgehead atoms. The van der Waals surface area contributed by atoms with Crippen molar-refractivity contribution in [2.45, 2.75) is 50.2 Å². The minimum absolute atomic E-state index is 0.235. The van der Waals surface area contributed by atoms with E-state index in [-0.39, 0.29) is 11.8 Å². The molecule has 1 aliphatic heterocycles. The van der Waals surface area contributed by atoms with Crippen LogP contribution in [0, 0.1) is 17.8 Å². The van der Waals surface area contributed by atoms with E-state index in [2.05, 4.69) is 4.72 Å². The lowest BCUT2D eigenvalue weighted by Crippen LogP contribution is -2.47. The van der Waals surface area contributed by atoms with Crippen LogP contribution >= 0.6 is 0 Å². The van der Waals surface area contributed by atoms with E-state index in [0.717, 1.165) is 5.56 Å². The molecular formula is C19H23NO6S. The second-order valence-corrected chi connectivity index (χ2v) is 9.98. The molecule has 6 atom stereocenters. The maximum absolute atomic E-state index is 13.1. The van der Waals surface area contributed by atoms with Crippen molar-refractivity contribution in [2.24, 2.45) is 17.8 Å². The van der Waals surface area contributed by atoms with Gasteiger partial charge in [0.25, 0.3) is 0 Å². The van der Waals surface area contributed by atoms with Gasteiger partial charge < -0.3 is 9.47 Å². The number of carbonyl (C=O) groups is 2. The highest BCUT2D eigenvalue weighted by molar-refractivity contribution is 7.90. The second kappa shape index (κ2) is 6.04. The number of ether oxygens (including phenoxy) is 2. The predicted octanol–water partition coefficient (Wildman–Crippen LogP) is 1.33. The lowest BCUT2D eigenvalue weighted by atomic mass is 9.83. The topological polar surface area (TPSA) is 98.8 Å². The van der Waals surface area contributed by atoms with Gasteiger partial charge in [-0.05, 0) is 31.7 Å². The van der Waals surface area contributed by atoms with Crippen molar-refractivity contribution in [3.63, 3.8) is 0 Å². The van der Waals surface area contributed by atoms with Crippen LogP contribution in [0.15, 0.2) is 30.3 Å². The molecule has 27 heavy (non-hydrogen) atoms. The number of hydrogen-bond acceptors (Lipinski definition) is 6. The highest BCUT2D eigenvalue weighted by Crippen LogP contribution is 2.56. The van der Waals surface area contributed by atoms with E-state index < -0.39 is 50.9 Å². The largest absolute Gasteiger partial charge is 0.461 e. The molecule has 8 heteroatoms. The fourth-order valence-corrected chi connectivity index (χ4v) is 7.31. The van der Waals surface area contributed by atoms with Crippen LogP contribution in [0.1, 0.15) is 32.8 Å². The minimum atomic E-state index is -3.66. The standard InChI is InChI=1S/C19H23NO6S/c1-10(21)25-16-12-9-13-15(16)20-27(23,24)17(13)14(12)18(22)26-19(2,3)11-7-5-4-6-8-11/h4-8,12-17,20H,9H2,1-3H3. The number of esters is 2. The summed E-state index contributed by atoms with van der Waals surface area (Å²) in [6.07, 6.45) is -0.0937. The Hall–Kier alpha value is -1.93. The summed E-state index contributed by atoms with van der Waals surface area (Å²) in [7, 11) is -3.66. The van der Waals surface area contributed by atoms with Crippen LogP contribution in [0.4, 0.5) is 0 Å². The summed E-state index contributed by atoms with van der Waals surface area (Å²) < 4.78 is 39.0. The van der Waals surface area contributed by atoms with Crippen molar-refractivity contribution >= 4 is 22.0 Å². The first-order valence-corrected chi connectivity index (χ1v) is 10.6. The van der Waals surface area contributed by atoms with Crippen molar-refractivity contribution in [3.05, 3.63) is 35.9 Å². The smallest absolute Gasteiger partial charge is 0.311 e. The van der Waals surface area contributed by atoms with Gasteiger partial charge in [0.15, 0.2) is 0 Å². The van der Waals surface area contributed by atoms with Crippen molar-refractivity contribution < 1.29 is 27.5 Å². The van der Waals surface area contributed by atoms with Gasteiger partial charge in [0.05, 0.1) is 17.2 Å². The van der Waals surface area contributed by atoms with Gasteiger partial charge in [-0.1, -0.05) is 30.3 Å². The third-order valence-electron chi connectivity index (χ3n) is 6.08. The Morgan fingerprint density at radius 1 is 1.15 bits per heavy atom. The lowest BCUT2D eigenvalue weighted by molar-refractivity contribution is -0.169. The molecular weight excluding hydrogens is 370 g/mol. The Labute approximate surface area is 158 Å². The van der Waals surface area contributed by atoms with Crippen molar-refractivity contribution in [3.8, 4) is 0 Å². The fraction of sp³-hybridized carbons (Fsp3) is 0.579. The Morgan fingerprint density at radius 3 is 2.44 bits per heavy atom. The van der Waals surface area contributed by atoms with Gasteiger partial charge in [-0.3, -0.25) is 9.59 Å². The fourth-order valence-electron chi connectivity index (χ4n) is 5.03. The maximum Gasteiger partial charge on any atom is 0.311 e. The molecule has 2 saturated carbocycles. The SMILES string of the molecule is CC(=O)OC1C2CC3C1NS(=O)(=O)C3C2C(=O)OC(C)(C)c1ccccc1. The third kappa shape index (κ3) is 2.86. The molecule has 4 rings (SSSR count). The zero-order chi connectivity index (χ0) is 19.6. The summed E-state index contributed by atoms with van der Waals surface area (Å²) >= 11 is 0. The average molecular weight is 393 g/mol. The van der Waals surface area contributed by atoms with Crippen LogP contribution in [0.3, 0.4) is 0 Å². The first-order chi connectivity index (χ1) is 12.6. The lowest BCUT2D eigenvalue weighted by Gasteiger charge is -2.33. The van der Waals surface area contributed by atoms with Gasteiger partial charge in [0, 0.05) is 12.8 Å². The normalized spacial score (nSPS) is 35.8. The van der Waals surface area contributed by atoms with E-state index in [1.54, 1.807) is 13.8 Å². The van der Waals surface area contributed by atoms with Crippen LogP contribution in [-0.4, -0.2) is 37.8 Å². The number of rotatable bonds is 4. The molecule has 0 spiro atoms. The molecule has 6 unspecified atom stereocenters. The van der Waals surface area contributed by atoms with E-state index in [1.165, 1.54) is 6.92 Å². The Morgan fingerprint density at radius 2 is 1.81 bits per heavy atom. The van der Waals surface area contributed by atoms with Crippen LogP contribution in [0.25, 0.3) is 0 Å². The van der Waals surface area contributed by atoms with Gasteiger partial charge >= 0.3 is 11.9 Å². The number of benzene rings is 1. The molecule has 7 nitrogen and oxygen atoms in total. The highest BCUT2D eigenvalue weighted by Gasteiger charge is 2.70. The zero-order valence-electron chi connectivity index (χ0n) is 15.4. The monoisotopic (exact) mass is 393 g/mol. The van der Waals surface area contributed by atoms with E-state index >= 15 is 0 Å². The number of sulfonamides is 1. The third-order valence-corrected chi connectivity index (χ3v) is 8.04. The molecule has 1 N–H and O–H groups in total. The molecule has 2 aliphatic carbocycles. The molecule has 0 radical (unpaired) electrons. The molecule has 146 valence electrons. The van der Waals surface area contributed by atoms with Gasteiger partial charge in [-0.15, -0.1) is 0 Å².